The van der Waals surface area contributed by atoms with Crippen molar-refractivity contribution in [3.05, 3.63) is 70.8 Å². The molecule has 0 saturated heterocycles. The zero-order chi connectivity index (χ0) is 19.2. The zero-order valence-electron chi connectivity index (χ0n) is 14.7. The summed E-state index contributed by atoms with van der Waals surface area (Å²) in [5.74, 6) is -0.140. The van der Waals surface area contributed by atoms with E-state index in [9.17, 15) is 9.18 Å². The topological polar surface area (TPSA) is 59.8 Å². The highest BCUT2D eigenvalue weighted by Gasteiger charge is 2.11. The van der Waals surface area contributed by atoms with Crippen LogP contribution < -0.4 is 5.32 Å². The molecule has 0 bridgehead atoms. The lowest BCUT2D eigenvalue weighted by Gasteiger charge is -2.08. The number of hydrogen-bond donors (Lipinski definition) is 1. The van der Waals surface area contributed by atoms with Crippen LogP contribution in [0.1, 0.15) is 11.1 Å². The molecule has 0 unspecified atom stereocenters. The Kier molecular flexibility index (Phi) is 6.47. The van der Waals surface area contributed by atoms with Gasteiger partial charge in [-0.2, -0.15) is 0 Å². The van der Waals surface area contributed by atoms with E-state index in [1.54, 1.807) is 23.0 Å². The van der Waals surface area contributed by atoms with Crippen molar-refractivity contribution in [2.75, 3.05) is 12.3 Å². The number of rotatable bonds is 7. The van der Waals surface area contributed by atoms with Gasteiger partial charge in [-0.3, -0.25) is 9.36 Å². The summed E-state index contributed by atoms with van der Waals surface area (Å²) in [7, 11) is 0. The molecule has 140 valence electrons. The van der Waals surface area contributed by atoms with Crippen LogP contribution in [0.3, 0.4) is 0 Å². The van der Waals surface area contributed by atoms with E-state index in [4.69, 9.17) is 11.6 Å². The molecule has 2 aromatic carbocycles. The van der Waals surface area contributed by atoms with Crippen LogP contribution in [0.25, 0.3) is 5.69 Å². The van der Waals surface area contributed by atoms with Gasteiger partial charge >= 0.3 is 0 Å². The zero-order valence-corrected chi connectivity index (χ0v) is 16.2. The molecule has 0 aliphatic heterocycles. The maximum absolute atomic E-state index is 12.9. The number of thioether (sulfide) groups is 1. The molecule has 3 aromatic rings. The van der Waals surface area contributed by atoms with E-state index >= 15 is 0 Å². The Balaban J connectivity index is 1.51. The fraction of sp³-hybridized carbons (Fsp3) is 0.211. The second-order valence-corrected chi connectivity index (χ2v) is 7.28. The van der Waals surface area contributed by atoms with E-state index in [-0.39, 0.29) is 17.5 Å². The summed E-state index contributed by atoms with van der Waals surface area (Å²) in [4.78, 5) is 12.1. The maximum Gasteiger partial charge on any atom is 0.230 e. The summed E-state index contributed by atoms with van der Waals surface area (Å²) in [6, 6.07) is 11.9. The van der Waals surface area contributed by atoms with E-state index in [2.05, 4.69) is 15.5 Å². The molecule has 1 heterocycles. The Hall–Kier alpha value is -2.38. The molecular weight excluding hydrogens is 387 g/mol. The highest BCUT2D eigenvalue weighted by molar-refractivity contribution is 7.99. The lowest BCUT2D eigenvalue weighted by atomic mass is 10.1. The van der Waals surface area contributed by atoms with Crippen LogP contribution in [0.15, 0.2) is 53.9 Å². The van der Waals surface area contributed by atoms with Crippen molar-refractivity contribution in [3.63, 3.8) is 0 Å². The number of nitrogens with one attached hydrogen (secondary N) is 1. The van der Waals surface area contributed by atoms with E-state index in [0.717, 1.165) is 16.8 Å². The van der Waals surface area contributed by atoms with Crippen LogP contribution in [-0.2, 0) is 11.2 Å². The highest BCUT2D eigenvalue weighted by atomic mass is 35.5. The Morgan fingerprint density at radius 3 is 2.78 bits per heavy atom. The smallest absolute Gasteiger partial charge is 0.230 e. The van der Waals surface area contributed by atoms with Crippen LogP contribution in [0.5, 0.6) is 0 Å². The van der Waals surface area contributed by atoms with Crippen molar-refractivity contribution >= 4 is 29.3 Å². The third kappa shape index (κ3) is 5.30. The van der Waals surface area contributed by atoms with Gasteiger partial charge in [0.15, 0.2) is 5.16 Å². The molecule has 0 spiro atoms. The molecule has 0 saturated carbocycles. The molecule has 3 rings (SSSR count). The molecular formula is C19H18ClFN4OS. The Labute approximate surface area is 166 Å². The van der Waals surface area contributed by atoms with Crippen LogP contribution in [0.4, 0.5) is 4.39 Å². The van der Waals surface area contributed by atoms with Gasteiger partial charge in [-0.15, -0.1) is 10.2 Å². The second-order valence-electron chi connectivity index (χ2n) is 5.93. The molecule has 1 amide bonds. The molecule has 0 radical (unpaired) electrons. The molecule has 1 aromatic heterocycles. The standard InChI is InChI=1S/C19H18ClFN4OS/c1-13-2-7-16(10-17(13)20)25-12-23-24-19(25)27-11-18(26)22-9-8-14-3-5-15(21)6-4-14/h2-7,10,12H,8-9,11H2,1H3,(H,22,26). The first-order valence-corrected chi connectivity index (χ1v) is 9.70. The summed E-state index contributed by atoms with van der Waals surface area (Å²) in [6.45, 7) is 2.43. The van der Waals surface area contributed by atoms with Gasteiger partial charge in [0, 0.05) is 11.6 Å². The SMILES string of the molecule is Cc1ccc(-n2cnnc2SCC(=O)NCCc2ccc(F)cc2)cc1Cl. The minimum Gasteiger partial charge on any atom is -0.355 e. The predicted octanol–water partition coefficient (Wildman–Crippen LogP) is 3.82. The van der Waals surface area contributed by atoms with E-state index < -0.39 is 0 Å². The first-order chi connectivity index (χ1) is 13.0. The monoisotopic (exact) mass is 404 g/mol. The first kappa shape index (κ1) is 19.4. The van der Waals surface area contributed by atoms with Crippen molar-refractivity contribution in [3.8, 4) is 5.69 Å². The Morgan fingerprint density at radius 2 is 2.04 bits per heavy atom. The number of aromatic nitrogens is 3. The number of aryl methyl sites for hydroxylation is 1. The average Bonchev–Trinajstić information content (AvgIpc) is 3.12. The van der Waals surface area contributed by atoms with Gasteiger partial charge in [-0.05, 0) is 48.7 Å². The minimum atomic E-state index is -0.266. The van der Waals surface area contributed by atoms with Crippen molar-refractivity contribution in [1.29, 1.82) is 0 Å². The number of carbonyl (C=O) groups excluding carboxylic acids is 1. The molecule has 0 atom stereocenters. The molecule has 0 aliphatic carbocycles. The highest BCUT2D eigenvalue weighted by Crippen LogP contribution is 2.23. The van der Waals surface area contributed by atoms with Crippen molar-refractivity contribution < 1.29 is 9.18 Å². The third-order valence-electron chi connectivity index (χ3n) is 3.93. The van der Waals surface area contributed by atoms with Crippen LogP contribution in [0.2, 0.25) is 5.02 Å². The lowest BCUT2D eigenvalue weighted by molar-refractivity contribution is -0.118. The number of benzene rings is 2. The van der Waals surface area contributed by atoms with Gasteiger partial charge in [-0.25, -0.2) is 4.39 Å². The number of carbonyl (C=O) groups is 1. The number of halogens is 2. The number of amides is 1. The van der Waals surface area contributed by atoms with Crippen LogP contribution in [-0.4, -0.2) is 33.0 Å². The molecule has 1 N–H and O–H groups in total. The predicted molar refractivity (Wildman–Crippen MR) is 105 cm³/mol. The summed E-state index contributed by atoms with van der Waals surface area (Å²) < 4.78 is 14.7. The summed E-state index contributed by atoms with van der Waals surface area (Å²) in [5, 5.41) is 12.1. The van der Waals surface area contributed by atoms with Crippen molar-refractivity contribution in [2.24, 2.45) is 0 Å². The molecule has 0 fully saturated rings. The van der Waals surface area contributed by atoms with Gasteiger partial charge in [0.2, 0.25) is 5.91 Å². The average molecular weight is 405 g/mol. The van der Waals surface area contributed by atoms with E-state index in [0.29, 0.717) is 23.1 Å². The van der Waals surface area contributed by atoms with Crippen molar-refractivity contribution in [1.82, 2.24) is 20.1 Å². The van der Waals surface area contributed by atoms with Crippen LogP contribution >= 0.6 is 23.4 Å². The van der Waals surface area contributed by atoms with Gasteiger partial charge < -0.3 is 5.32 Å². The number of nitrogens with zero attached hydrogens (tertiary/aromatic N) is 3. The summed E-state index contributed by atoms with van der Waals surface area (Å²) in [5.41, 5.74) is 2.80. The van der Waals surface area contributed by atoms with Crippen LogP contribution in [0, 0.1) is 12.7 Å². The number of hydrogen-bond acceptors (Lipinski definition) is 4. The minimum absolute atomic E-state index is 0.0985. The van der Waals surface area contributed by atoms with Crippen molar-refractivity contribution in [2.45, 2.75) is 18.5 Å². The summed E-state index contributed by atoms with van der Waals surface area (Å²) in [6.07, 6.45) is 2.24. The van der Waals surface area contributed by atoms with Gasteiger partial charge in [-0.1, -0.05) is 41.6 Å². The fourth-order valence-electron chi connectivity index (χ4n) is 2.41. The Bertz CT molecular complexity index is 930. The molecule has 5 nitrogen and oxygen atoms in total. The van der Waals surface area contributed by atoms with Gasteiger partial charge in [0.25, 0.3) is 0 Å². The molecule has 27 heavy (non-hydrogen) atoms. The molecule has 8 heteroatoms. The lowest BCUT2D eigenvalue weighted by Crippen LogP contribution is -2.27. The maximum atomic E-state index is 12.9. The fourth-order valence-corrected chi connectivity index (χ4v) is 3.34. The van der Waals surface area contributed by atoms with Gasteiger partial charge in [0.05, 0.1) is 11.4 Å². The molecule has 0 aliphatic rings. The second kappa shape index (κ2) is 9.01. The van der Waals surface area contributed by atoms with Gasteiger partial charge in [0.1, 0.15) is 12.1 Å². The summed E-state index contributed by atoms with van der Waals surface area (Å²) >= 11 is 7.48. The Morgan fingerprint density at radius 1 is 1.26 bits per heavy atom. The third-order valence-corrected chi connectivity index (χ3v) is 5.28. The normalized spacial score (nSPS) is 10.8. The largest absolute Gasteiger partial charge is 0.355 e. The van der Waals surface area contributed by atoms with E-state index in [1.807, 2.05) is 25.1 Å². The van der Waals surface area contributed by atoms with E-state index in [1.165, 1.54) is 23.9 Å². The first-order valence-electron chi connectivity index (χ1n) is 8.33. The quantitative estimate of drug-likeness (QED) is 0.608.